The number of carbonyl (C=O) groups excluding carboxylic acids is 3. The zero-order chi connectivity index (χ0) is 20.1. The van der Waals surface area contributed by atoms with Crippen molar-refractivity contribution < 1.29 is 19.1 Å². The number of benzene rings is 2. The summed E-state index contributed by atoms with van der Waals surface area (Å²) in [6.45, 7) is 0.578. The molecule has 1 aliphatic rings. The summed E-state index contributed by atoms with van der Waals surface area (Å²) >= 11 is 0. The molecule has 1 N–H and O–H groups in total. The fourth-order valence-electron chi connectivity index (χ4n) is 3.11. The Balaban J connectivity index is 1.62. The zero-order valence-electron chi connectivity index (χ0n) is 16.0. The van der Waals surface area contributed by atoms with E-state index in [9.17, 15) is 14.4 Å². The average molecular weight is 381 g/mol. The van der Waals surface area contributed by atoms with Gasteiger partial charge in [-0.1, -0.05) is 6.07 Å². The Kier molecular flexibility index (Phi) is 5.93. The van der Waals surface area contributed by atoms with Crippen LogP contribution in [0.5, 0.6) is 5.75 Å². The summed E-state index contributed by atoms with van der Waals surface area (Å²) in [5.74, 6) is 0.184. The van der Waals surface area contributed by atoms with Crippen LogP contribution in [0.2, 0.25) is 0 Å². The molecule has 0 spiro atoms. The lowest BCUT2D eigenvalue weighted by atomic mass is 10.1. The Hall–Kier alpha value is -3.35. The minimum absolute atomic E-state index is 0.0665. The monoisotopic (exact) mass is 381 g/mol. The highest BCUT2D eigenvalue weighted by Gasteiger charge is 2.23. The van der Waals surface area contributed by atoms with Crippen molar-refractivity contribution in [2.45, 2.75) is 12.8 Å². The molecule has 3 amide bonds. The molecular formula is C21H23N3O4. The number of nitrogens with zero attached hydrogens (tertiary/aromatic N) is 2. The molecule has 146 valence electrons. The predicted molar refractivity (Wildman–Crippen MR) is 107 cm³/mol. The van der Waals surface area contributed by atoms with Crippen molar-refractivity contribution in [3.8, 4) is 5.75 Å². The Bertz CT molecular complexity index is 879. The average Bonchev–Trinajstić information content (AvgIpc) is 3.14. The molecule has 0 radical (unpaired) electrons. The van der Waals surface area contributed by atoms with Crippen molar-refractivity contribution in [1.82, 2.24) is 4.90 Å². The molecule has 0 bridgehead atoms. The molecule has 1 fully saturated rings. The molecule has 0 aromatic heterocycles. The normalized spacial score (nSPS) is 13.4. The van der Waals surface area contributed by atoms with Crippen molar-refractivity contribution in [1.29, 1.82) is 0 Å². The van der Waals surface area contributed by atoms with E-state index in [1.54, 1.807) is 61.5 Å². The molecule has 0 unspecified atom stereocenters. The summed E-state index contributed by atoms with van der Waals surface area (Å²) in [6, 6.07) is 13.9. The maximum Gasteiger partial charge on any atom is 0.254 e. The van der Waals surface area contributed by atoms with Gasteiger partial charge in [-0.15, -0.1) is 0 Å². The van der Waals surface area contributed by atoms with Gasteiger partial charge in [-0.05, 0) is 48.9 Å². The number of likely N-dealkylation sites (N-methyl/N-ethyl adjacent to an activating group) is 1. The van der Waals surface area contributed by atoms with Crippen LogP contribution in [0.25, 0.3) is 0 Å². The lowest BCUT2D eigenvalue weighted by Gasteiger charge is -2.19. The summed E-state index contributed by atoms with van der Waals surface area (Å²) in [6.07, 6.45) is 1.35. The number of amides is 3. The van der Waals surface area contributed by atoms with E-state index in [0.29, 0.717) is 35.7 Å². The highest BCUT2D eigenvalue weighted by molar-refractivity contribution is 6.01. The lowest BCUT2D eigenvalue weighted by Crippen LogP contribution is -2.35. The summed E-state index contributed by atoms with van der Waals surface area (Å²) in [5, 5.41) is 2.75. The predicted octanol–water partition coefficient (Wildman–Crippen LogP) is 2.53. The van der Waals surface area contributed by atoms with E-state index < -0.39 is 0 Å². The van der Waals surface area contributed by atoms with Gasteiger partial charge in [0.05, 0.1) is 13.7 Å². The highest BCUT2D eigenvalue weighted by Crippen LogP contribution is 2.22. The fourth-order valence-corrected chi connectivity index (χ4v) is 3.11. The van der Waals surface area contributed by atoms with Gasteiger partial charge in [0, 0.05) is 37.0 Å². The van der Waals surface area contributed by atoms with Crippen molar-refractivity contribution in [2.24, 2.45) is 0 Å². The van der Waals surface area contributed by atoms with Crippen LogP contribution < -0.4 is 15.0 Å². The number of hydrogen-bond donors (Lipinski definition) is 1. The molecule has 0 aliphatic carbocycles. The number of nitrogens with one attached hydrogen (secondary N) is 1. The van der Waals surface area contributed by atoms with Gasteiger partial charge in [0.2, 0.25) is 11.8 Å². The molecule has 1 saturated heterocycles. The second-order valence-electron chi connectivity index (χ2n) is 6.64. The SMILES string of the molecule is COc1ccc(NC(=O)CN(C)C(=O)c2cccc(N3CCCC3=O)c2)cc1. The van der Waals surface area contributed by atoms with Gasteiger partial charge in [0.25, 0.3) is 5.91 Å². The van der Waals surface area contributed by atoms with E-state index in [4.69, 9.17) is 4.74 Å². The van der Waals surface area contributed by atoms with Crippen LogP contribution in [-0.2, 0) is 9.59 Å². The Morgan fingerprint density at radius 3 is 2.57 bits per heavy atom. The summed E-state index contributed by atoms with van der Waals surface area (Å²) < 4.78 is 5.08. The quantitative estimate of drug-likeness (QED) is 0.834. The number of hydrogen-bond acceptors (Lipinski definition) is 4. The number of carbonyl (C=O) groups is 3. The summed E-state index contributed by atoms with van der Waals surface area (Å²) in [4.78, 5) is 39.9. The third-order valence-electron chi connectivity index (χ3n) is 4.58. The van der Waals surface area contributed by atoms with Gasteiger partial charge in [-0.25, -0.2) is 0 Å². The van der Waals surface area contributed by atoms with Crippen LogP contribution in [-0.4, -0.2) is 49.9 Å². The number of ether oxygens (including phenoxy) is 1. The second kappa shape index (κ2) is 8.56. The minimum atomic E-state index is -0.299. The third-order valence-corrected chi connectivity index (χ3v) is 4.58. The van der Waals surface area contributed by atoms with Gasteiger partial charge in [0.15, 0.2) is 0 Å². The van der Waals surface area contributed by atoms with E-state index >= 15 is 0 Å². The van der Waals surface area contributed by atoms with Gasteiger partial charge in [-0.2, -0.15) is 0 Å². The van der Waals surface area contributed by atoms with Crippen LogP contribution in [0, 0.1) is 0 Å². The number of rotatable bonds is 6. The lowest BCUT2D eigenvalue weighted by molar-refractivity contribution is -0.117. The molecule has 3 rings (SSSR count). The zero-order valence-corrected chi connectivity index (χ0v) is 16.0. The number of anilines is 2. The van der Waals surface area contributed by atoms with E-state index in [1.807, 2.05) is 6.07 Å². The smallest absolute Gasteiger partial charge is 0.254 e. The van der Waals surface area contributed by atoms with Crippen LogP contribution in [0.3, 0.4) is 0 Å². The molecule has 1 aliphatic heterocycles. The van der Waals surface area contributed by atoms with Crippen LogP contribution in [0.4, 0.5) is 11.4 Å². The van der Waals surface area contributed by atoms with E-state index in [1.165, 1.54) is 4.90 Å². The summed E-state index contributed by atoms with van der Waals surface area (Å²) in [5.41, 5.74) is 1.78. The summed E-state index contributed by atoms with van der Waals surface area (Å²) in [7, 11) is 3.15. The molecular weight excluding hydrogens is 358 g/mol. The third kappa shape index (κ3) is 4.49. The maximum absolute atomic E-state index is 12.7. The largest absolute Gasteiger partial charge is 0.497 e. The van der Waals surface area contributed by atoms with E-state index in [2.05, 4.69) is 5.32 Å². The molecule has 2 aromatic carbocycles. The van der Waals surface area contributed by atoms with Crippen LogP contribution in [0.1, 0.15) is 23.2 Å². The molecule has 0 saturated carbocycles. The Morgan fingerprint density at radius 2 is 1.93 bits per heavy atom. The topological polar surface area (TPSA) is 79.0 Å². The van der Waals surface area contributed by atoms with Crippen molar-refractivity contribution in [3.63, 3.8) is 0 Å². The Labute approximate surface area is 163 Å². The first kappa shape index (κ1) is 19.4. The second-order valence-corrected chi connectivity index (χ2v) is 6.64. The first-order valence-corrected chi connectivity index (χ1v) is 9.08. The van der Waals surface area contributed by atoms with E-state index in [0.717, 1.165) is 6.42 Å². The Morgan fingerprint density at radius 1 is 1.18 bits per heavy atom. The highest BCUT2D eigenvalue weighted by atomic mass is 16.5. The van der Waals surface area contributed by atoms with Crippen molar-refractivity contribution in [2.75, 3.05) is 37.5 Å². The molecule has 28 heavy (non-hydrogen) atoms. The van der Waals surface area contributed by atoms with Gasteiger partial charge in [0.1, 0.15) is 5.75 Å². The first-order chi connectivity index (χ1) is 13.5. The van der Waals surface area contributed by atoms with Crippen molar-refractivity contribution >= 4 is 29.1 Å². The molecule has 2 aromatic rings. The molecule has 0 atom stereocenters. The van der Waals surface area contributed by atoms with Crippen LogP contribution in [0.15, 0.2) is 48.5 Å². The van der Waals surface area contributed by atoms with E-state index in [-0.39, 0.29) is 24.3 Å². The van der Waals surface area contributed by atoms with Crippen LogP contribution >= 0.6 is 0 Å². The van der Waals surface area contributed by atoms with Crippen molar-refractivity contribution in [3.05, 3.63) is 54.1 Å². The minimum Gasteiger partial charge on any atom is -0.497 e. The first-order valence-electron chi connectivity index (χ1n) is 9.08. The van der Waals surface area contributed by atoms with Gasteiger partial charge < -0.3 is 19.9 Å². The number of methoxy groups -OCH3 is 1. The fraction of sp³-hybridized carbons (Fsp3) is 0.286. The maximum atomic E-state index is 12.7. The molecule has 7 heteroatoms. The standard InChI is InChI=1S/C21H23N3O4/c1-23(14-19(25)22-16-8-10-18(28-2)11-9-16)21(27)15-5-3-6-17(13-15)24-12-4-7-20(24)26/h3,5-6,8-11,13H,4,7,12,14H2,1-2H3,(H,22,25). The van der Waals surface area contributed by atoms with Gasteiger partial charge in [-0.3, -0.25) is 14.4 Å². The molecule has 1 heterocycles. The van der Waals surface area contributed by atoms with Gasteiger partial charge >= 0.3 is 0 Å². The molecule has 7 nitrogen and oxygen atoms in total.